The Balaban J connectivity index is 2.30. The van der Waals surface area contributed by atoms with E-state index in [4.69, 9.17) is 11.6 Å². The highest BCUT2D eigenvalue weighted by atomic mass is 35.5. The van der Waals surface area contributed by atoms with Crippen LogP contribution < -0.4 is 0 Å². The molecule has 0 bridgehead atoms. The van der Waals surface area contributed by atoms with Gasteiger partial charge in [0.1, 0.15) is 0 Å². The number of hydrogen-bond acceptors (Lipinski definition) is 1. The zero-order chi connectivity index (χ0) is 12.3. The van der Waals surface area contributed by atoms with Gasteiger partial charge in [-0.25, -0.2) is 0 Å². The van der Waals surface area contributed by atoms with Crippen LogP contribution in [0.2, 0.25) is 0 Å². The van der Waals surface area contributed by atoms with Crippen molar-refractivity contribution in [3.8, 4) is 0 Å². The smallest absolute Gasteiger partial charge is 0.0743 e. The highest BCUT2D eigenvalue weighted by molar-refractivity contribution is 6.17. The van der Waals surface area contributed by atoms with Crippen LogP contribution in [0.3, 0.4) is 0 Å². The standard InChI is InChI=1S/C14H17ClN2/c1-11(6-5-9-15)10-13-12-7-3-4-8-14(12)17(2)16-13/h3-4,6-8H,5,9-10H2,1-2H3. The van der Waals surface area contributed by atoms with E-state index in [0.717, 1.165) is 18.5 Å². The average molecular weight is 249 g/mol. The van der Waals surface area contributed by atoms with Gasteiger partial charge in [0.15, 0.2) is 0 Å². The van der Waals surface area contributed by atoms with E-state index < -0.39 is 0 Å². The van der Waals surface area contributed by atoms with E-state index >= 15 is 0 Å². The lowest BCUT2D eigenvalue weighted by Gasteiger charge is -1.98. The molecule has 2 aromatic rings. The molecular weight excluding hydrogens is 232 g/mol. The summed E-state index contributed by atoms with van der Waals surface area (Å²) in [6, 6.07) is 8.34. The SMILES string of the molecule is CC(=CCCCl)Cc1nn(C)c2ccccc12. The molecule has 90 valence electrons. The second-order valence-corrected chi connectivity index (χ2v) is 4.67. The Bertz CT molecular complexity index is 540. The Kier molecular flexibility index (Phi) is 3.85. The minimum Gasteiger partial charge on any atom is -0.268 e. The minimum absolute atomic E-state index is 0.681. The summed E-state index contributed by atoms with van der Waals surface area (Å²) in [5.74, 6) is 0.681. The van der Waals surface area contributed by atoms with Crippen molar-refractivity contribution in [1.29, 1.82) is 0 Å². The molecule has 1 aromatic heterocycles. The van der Waals surface area contributed by atoms with Gasteiger partial charge in [-0.15, -0.1) is 11.6 Å². The maximum absolute atomic E-state index is 5.68. The number of nitrogens with zero attached hydrogens (tertiary/aromatic N) is 2. The summed E-state index contributed by atoms with van der Waals surface area (Å²) in [5.41, 5.74) is 3.66. The minimum atomic E-state index is 0.681. The summed E-state index contributed by atoms with van der Waals surface area (Å²) in [4.78, 5) is 0. The predicted molar refractivity (Wildman–Crippen MR) is 73.5 cm³/mol. The molecule has 0 saturated carbocycles. The Morgan fingerprint density at radius 1 is 1.41 bits per heavy atom. The van der Waals surface area contributed by atoms with Crippen LogP contribution >= 0.6 is 11.6 Å². The number of benzene rings is 1. The first kappa shape index (κ1) is 12.2. The van der Waals surface area contributed by atoms with Crippen LogP contribution in [0.1, 0.15) is 19.0 Å². The van der Waals surface area contributed by atoms with E-state index in [1.807, 2.05) is 17.8 Å². The first-order chi connectivity index (χ1) is 8.22. The summed E-state index contributed by atoms with van der Waals surface area (Å²) in [7, 11) is 1.99. The molecule has 0 fully saturated rings. The lowest BCUT2D eigenvalue weighted by molar-refractivity contribution is 0.772. The fraction of sp³-hybridized carbons (Fsp3) is 0.357. The van der Waals surface area contributed by atoms with Gasteiger partial charge in [0.25, 0.3) is 0 Å². The van der Waals surface area contributed by atoms with E-state index in [2.05, 4.69) is 36.3 Å². The van der Waals surface area contributed by atoms with Gasteiger partial charge in [-0.2, -0.15) is 5.10 Å². The van der Waals surface area contributed by atoms with E-state index in [9.17, 15) is 0 Å². The maximum atomic E-state index is 5.68. The maximum Gasteiger partial charge on any atom is 0.0743 e. The van der Waals surface area contributed by atoms with Crippen molar-refractivity contribution < 1.29 is 0 Å². The Labute approximate surface area is 107 Å². The van der Waals surface area contributed by atoms with Crippen LogP contribution in [0.15, 0.2) is 35.9 Å². The molecule has 2 nitrogen and oxygen atoms in total. The monoisotopic (exact) mass is 248 g/mol. The molecule has 0 aliphatic carbocycles. The van der Waals surface area contributed by atoms with Crippen molar-refractivity contribution in [3.63, 3.8) is 0 Å². The molecule has 2 rings (SSSR count). The Morgan fingerprint density at radius 2 is 2.18 bits per heavy atom. The molecule has 0 saturated heterocycles. The van der Waals surface area contributed by atoms with Crippen molar-refractivity contribution in [2.45, 2.75) is 19.8 Å². The van der Waals surface area contributed by atoms with Gasteiger partial charge in [0, 0.05) is 24.7 Å². The number of para-hydroxylation sites is 1. The lowest BCUT2D eigenvalue weighted by atomic mass is 10.1. The molecule has 0 aliphatic heterocycles. The van der Waals surface area contributed by atoms with Crippen molar-refractivity contribution in [3.05, 3.63) is 41.6 Å². The van der Waals surface area contributed by atoms with Crippen LogP contribution in [-0.4, -0.2) is 15.7 Å². The number of aromatic nitrogens is 2. The van der Waals surface area contributed by atoms with Gasteiger partial charge in [-0.3, -0.25) is 4.68 Å². The molecule has 0 amide bonds. The number of fused-ring (bicyclic) bond motifs is 1. The Morgan fingerprint density at radius 3 is 2.94 bits per heavy atom. The van der Waals surface area contributed by atoms with Gasteiger partial charge >= 0.3 is 0 Å². The van der Waals surface area contributed by atoms with Gasteiger partial charge in [-0.1, -0.05) is 29.8 Å². The largest absolute Gasteiger partial charge is 0.268 e. The van der Waals surface area contributed by atoms with E-state index in [-0.39, 0.29) is 0 Å². The quantitative estimate of drug-likeness (QED) is 0.596. The third-order valence-corrected chi connectivity index (χ3v) is 3.10. The second kappa shape index (κ2) is 5.37. The van der Waals surface area contributed by atoms with Crippen molar-refractivity contribution in [1.82, 2.24) is 9.78 Å². The average Bonchev–Trinajstić information content (AvgIpc) is 2.65. The normalized spacial score (nSPS) is 12.3. The second-order valence-electron chi connectivity index (χ2n) is 4.29. The summed E-state index contributed by atoms with van der Waals surface area (Å²) in [6.45, 7) is 2.13. The number of rotatable bonds is 4. The van der Waals surface area contributed by atoms with Crippen LogP contribution in [0, 0.1) is 0 Å². The molecule has 1 heterocycles. The third kappa shape index (κ3) is 2.70. The van der Waals surface area contributed by atoms with Gasteiger partial charge in [0.05, 0.1) is 11.2 Å². The van der Waals surface area contributed by atoms with Gasteiger partial charge < -0.3 is 0 Å². The summed E-state index contributed by atoms with van der Waals surface area (Å²) in [5, 5.41) is 5.82. The summed E-state index contributed by atoms with van der Waals surface area (Å²) < 4.78 is 1.94. The molecule has 0 unspecified atom stereocenters. The molecule has 0 radical (unpaired) electrons. The van der Waals surface area contributed by atoms with Gasteiger partial charge in [-0.05, 0) is 19.4 Å². The Hall–Kier alpha value is -1.28. The molecule has 1 aromatic carbocycles. The topological polar surface area (TPSA) is 17.8 Å². The van der Waals surface area contributed by atoms with Crippen LogP contribution in [-0.2, 0) is 13.5 Å². The lowest BCUT2D eigenvalue weighted by Crippen LogP contribution is -1.93. The number of hydrogen-bond donors (Lipinski definition) is 0. The van der Waals surface area contributed by atoms with E-state index in [1.165, 1.54) is 16.5 Å². The number of allylic oxidation sites excluding steroid dienone is 2. The predicted octanol–water partition coefficient (Wildman–Crippen LogP) is 3.69. The fourth-order valence-corrected chi connectivity index (χ4v) is 2.17. The molecule has 17 heavy (non-hydrogen) atoms. The van der Waals surface area contributed by atoms with Crippen molar-refractivity contribution in [2.24, 2.45) is 7.05 Å². The number of alkyl halides is 1. The molecule has 0 spiro atoms. The molecular formula is C14H17ClN2. The zero-order valence-corrected chi connectivity index (χ0v) is 11.0. The van der Waals surface area contributed by atoms with Crippen LogP contribution in [0.25, 0.3) is 10.9 Å². The zero-order valence-electron chi connectivity index (χ0n) is 10.3. The first-order valence-electron chi connectivity index (χ1n) is 5.84. The first-order valence-corrected chi connectivity index (χ1v) is 6.38. The fourth-order valence-electron chi connectivity index (χ4n) is 2.06. The van der Waals surface area contributed by atoms with Gasteiger partial charge in [0.2, 0.25) is 0 Å². The van der Waals surface area contributed by atoms with Crippen LogP contribution in [0.4, 0.5) is 0 Å². The third-order valence-electron chi connectivity index (χ3n) is 2.88. The van der Waals surface area contributed by atoms with Crippen molar-refractivity contribution >= 4 is 22.5 Å². The molecule has 3 heteroatoms. The number of aryl methyl sites for hydroxylation is 1. The molecule has 0 N–H and O–H groups in total. The molecule has 0 aliphatic rings. The number of halogens is 1. The van der Waals surface area contributed by atoms with Crippen LogP contribution in [0.5, 0.6) is 0 Å². The van der Waals surface area contributed by atoms with Crippen molar-refractivity contribution in [2.75, 3.05) is 5.88 Å². The summed E-state index contributed by atoms with van der Waals surface area (Å²) >= 11 is 5.68. The molecule has 0 atom stereocenters. The summed E-state index contributed by atoms with van der Waals surface area (Å²) in [6.07, 6.45) is 4.02. The highest BCUT2D eigenvalue weighted by Crippen LogP contribution is 2.20. The highest BCUT2D eigenvalue weighted by Gasteiger charge is 2.07. The van der Waals surface area contributed by atoms with E-state index in [0.29, 0.717) is 5.88 Å². The van der Waals surface area contributed by atoms with E-state index in [1.54, 1.807) is 0 Å².